The van der Waals surface area contributed by atoms with Crippen LogP contribution in [0.2, 0.25) is 0 Å². The summed E-state index contributed by atoms with van der Waals surface area (Å²) in [6.07, 6.45) is 0.418. The lowest BCUT2D eigenvalue weighted by molar-refractivity contribution is 0.0910. The van der Waals surface area contributed by atoms with E-state index >= 15 is 0 Å². The first-order valence-corrected chi connectivity index (χ1v) is 6.12. The molecular weight excluding hydrogens is 260 g/mol. The quantitative estimate of drug-likeness (QED) is 0.863. The van der Waals surface area contributed by atoms with Crippen LogP contribution in [0.25, 0.3) is 0 Å². The Hall–Kier alpha value is -2.34. The Kier molecular flexibility index (Phi) is 4.37. The number of nitrogens with zero attached hydrogens (tertiary/aromatic N) is 1. The van der Waals surface area contributed by atoms with E-state index in [-0.39, 0.29) is 18.1 Å². The molecular formula is C14H16N2O4. The van der Waals surface area contributed by atoms with Crippen LogP contribution in [0.1, 0.15) is 27.9 Å². The topological polar surface area (TPSA) is 84.6 Å². The van der Waals surface area contributed by atoms with Crippen LogP contribution in [0.3, 0.4) is 0 Å². The van der Waals surface area contributed by atoms with Gasteiger partial charge in [-0.1, -0.05) is 12.1 Å². The van der Waals surface area contributed by atoms with Crippen molar-refractivity contribution in [1.29, 1.82) is 0 Å². The molecule has 0 saturated carbocycles. The third kappa shape index (κ3) is 3.16. The van der Waals surface area contributed by atoms with Crippen molar-refractivity contribution in [2.24, 2.45) is 0 Å². The summed E-state index contributed by atoms with van der Waals surface area (Å²) < 4.78 is 9.99. The number of benzene rings is 1. The molecule has 0 aliphatic carbocycles. The van der Waals surface area contributed by atoms with Gasteiger partial charge in [0.15, 0.2) is 12.1 Å². The van der Waals surface area contributed by atoms with Gasteiger partial charge in [0.2, 0.25) is 0 Å². The number of carbonyl (C=O) groups excluding carboxylic acids is 1. The van der Waals surface area contributed by atoms with Crippen LogP contribution in [0.4, 0.5) is 0 Å². The normalized spacial score (nSPS) is 11.9. The molecule has 2 aromatic rings. The SMILES string of the molecule is COc1ccc(C(O)CNC(=O)c2ncoc2C)cc1. The summed E-state index contributed by atoms with van der Waals surface area (Å²) in [4.78, 5) is 15.6. The largest absolute Gasteiger partial charge is 0.497 e. The fourth-order valence-corrected chi connectivity index (χ4v) is 1.74. The minimum atomic E-state index is -0.794. The van der Waals surface area contributed by atoms with E-state index in [9.17, 15) is 9.90 Å². The summed E-state index contributed by atoms with van der Waals surface area (Å²) in [5.41, 5.74) is 0.926. The molecule has 6 heteroatoms. The molecule has 0 radical (unpaired) electrons. The van der Waals surface area contributed by atoms with Crippen molar-refractivity contribution in [2.45, 2.75) is 13.0 Å². The van der Waals surface area contributed by atoms with Crippen molar-refractivity contribution in [3.05, 3.63) is 47.7 Å². The maximum absolute atomic E-state index is 11.8. The monoisotopic (exact) mass is 276 g/mol. The summed E-state index contributed by atoms with van der Waals surface area (Å²) in [5, 5.41) is 12.6. The van der Waals surface area contributed by atoms with Gasteiger partial charge in [-0.2, -0.15) is 0 Å². The smallest absolute Gasteiger partial charge is 0.273 e. The highest BCUT2D eigenvalue weighted by Gasteiger charge is 2.15. The van der Waals surface area contributed by atoms with Crippen LogP contribution in [0, 0.1) is 6.92 Å². The summed E-state index contributed by atoms with van der Waals surface area (Å²) in [7, 11) is 1.58. The van der Waals surface area contributed by atoms with E-state index < -0.39 is 6.10 Å². The van der Waals surface area contributed by atoms with Crippen molar-refractivity contribution in [1.82, 2.24) is 10.3 Å². The zero-order chi connectivity index (χ0) is 14.5. The van der Waals surface area contributed by atoms with Gasteiger partial charge in [-0.3, -0.25) is 4.79 Å². The fourth-order valence-electron chi connectivity index (χ4n) is 1.74. The molecule has 0 fully saturated rings. The first-order valence-electron chi connectivity index (χ1n) is 6.12. The lowest BCUT2D eigenvalue weighted by Gasteiger charge is -2.12. The van der Waals surface area contributed by atoms with Gasteiger partial charge in [0.1, 0.15) is 11.5 Å². The van der Waals surface area contributed by atoms with Crippen molar-refractivity contribution in [2.75, 3.05) is 13.7 Å². The maximum Gasteiger partial charge on any atom is 0.273 e. The van der Waals surface area contributed by atoms with Gasteiger partial charge < -0.3 is 19.6 Å². The maximum atomic E-state index is 11.8. The number of oxazole rings is 1. The molecule has 1 amide bonds. The van der Waals surface area contributed by atoms with Crippen molar-refractivity contribution < 1.29 is 19.1 Å². The molecule has 6 nitrogen and oxygen atoms in total. The number of ether oxygens (including phenoxy) is 1. The zero-order valence-electron chi connectivity index (χ0n) is 11.3. The Morgan fingerprint density at radius 1 is 1.45 bits per heavy atom. The van der Waals surface area contributed by atoms with E-state index in [1.54, 1.807) is 38.3 Å². The molecule has 0 bridgehead atoms. The van der Waals surface area contributed by atoms with Crippen LogP contribution in [0.15, 0.2) is 35.1 Å². The number of aromatic nitrogens is 1. The van der Waals surface area contributed by atoms with E-state index in [0.29, 0.717) is 17.1 Å². The molecule has 0 saturated heterocycles. The molecule has 1 atom stereocenters. The van der Waals surface area contributed by atoms with Crippen LogP contribution >= 0.6 is 0 Å². The van der Waals surface area contributed by atoms with Gasteiger partial charge in [-0.25, -0.2) is 4.98 Å². The average Bonchev–Trinajstić information content (AvgIpc) is 2.90. The third-order valence-electron chi connectivity index (χ3n) is 2.92. The summed E-state index contributed by atoms with van der Waals surface area (Å²) in [6, 6.07) is 7.00. The number of rotatable bonds is 5. The van der Waals surface area contributed by atoms with Crippen molar-refractivity contribution >= 4 is 5.91 Å². The van der Waals surface area contributed by atoms with Crippen molar-refractivity contribution in [3.8, 4) is 5.75 Å². The molecule has 2 N–H and O–H groups in total. The van der Waals surface area contributed by atoms with Gasteiger partial charge in [0.05, 0.1) is 13.2 Å². The van der Waals surface area contributed by atoms with Gasteiger partial charge >= 0.3 is 0 Å². The second-order valence-electron chi connectivity index (χ2n) is 4.26. The van der Waals surface area contributed by atoms with E-state index in [1.165, 1.54) is 6.39 Å². The van der Waals surface area contributed by atoms with E-state index in [1.807, 2.05) is 0 Å². The number of hydrogen-bond acceptors (Lipinski definition) is 5. The van der Waals surface area contributed by atoms with E-state index in [4.69, 9.17) is 9.15 Å². The highest BCUT2D eigenvalue weighted by Crippen LogP contribution is 2.17. The average molecular weight is 276 g/mol. The molecule has 0 aliphatic heterocycles. The minimum Gasteiger partial charge on any atom is -0.497 e. The third-order valence-corrected chi connectivity index (χ3v) is 2.92. The first kappa shape index (κ1) is 14.1. The Bertz CT molecular complexity index is 577. The zero-order valence-corrected chi connectivity index (χ0v) is 11.3. The second-order valence-corrected chi connectivity index (χ2v) is 4.26. The molecule has 0 aliphatic rings. The van der Waals surface area contributed by atoms with Gasteiger partial charge in [0.25, 0.3) is 5.91 Å². The number of aliphatic hydroxyl groups excluding tert-OH is 1. The molecule has 0 spiro atoms. The molecule has 2 rings (SSSR count). The van der Waals surface area contributed by atoms with Crippen molar-refractivity contribution in [3.63, 3.8) is 0 Å². The van der Waals surface area contributed by atoms with Gasteiger partial charge in [0, 0.05) is 6.54 Å². The van der Waals surface area contributed by atoms with E-state index in [0.717, 1.165) is 0 Å². The number of hydrogen-bond donors (Lipinski definition) is 2. The number of aryl methyl sites for hydroxylation is 1. The van der Waals surface area contributed by atoms with Gasteiger partial charge in [-0.05, 0) is 24.6 Å². The number of carbonyl (C=O) groups is 1. The van der Waals surface area contributed by atoms with Crippen LogP contribution in [-0.4, -0.2) is 29.7 Å². The second kappa shape index (κ2) is 6.21. The molecule has 1 heterocycles. The van der Waals surface area contributed by atoms with Crippen LogP contribution in [-0.2, 0) is 0 Å². The predicted octanol–water partition coefficient (Wildman–Crippen LogP) is 1.46. The Labute approximate surface area is 116 Å². The highest BCUT2D eigenvalue weighted by atomic mass is 16.5. The Balaban J connectivity index is 1.93. The summed E-state index contributed by atoms with van der Waals surface area (Å²) >= 11 is 0. The molecule has 1 aromatic carbocycles. The number of aliphatic hydroxyl groups is 1. The lowest BCUT2D eigenvalue weighted by Crippen LogP contribution is -2.29. The lowest BCUT2D eigenvalue weighted by atomic mass is 10.1. The number of methoxy groups -OCH3 is 1. The molecule has 20 heavy (non-hydrogen) atoms. The Morgan fingerprint density at radius 2 is 2.15 bits per heavy atom. The molecule has 1 aromatic heterocycles. The molecule has 106 valence electrons. The number of amides is 1. The predicted molar refractivity (Wildman–Crippen MR) is 71.5 cm³/mol. The highest BCUT2D eigenvalue weighted by molar-refractivity contribution is 5.93. The standard InChI is InChI=1S/C14H16N2O4/c1-9-13(16-8-20-9)14(18)15-7-12(17)10-3-5-11(19-2)6-4-10/h3-6,8,12,17H,7H2,1-2H3,(H,15,18). The van der Waals surface area contributed by atoms with Crippen LogP contribution < -0.4 is 10.1 Å². The van der Waals surface area contributed by atoms with Gasteiger partial charge in [-0.15, -0.1) is 0 Å². The first-order chi connectivity index (χ1) is 9.61. The van der Waals surface area contributed by atoms with Crippen LogP contribution in [0.5, 0.6) is 5.75 Å². The fraction of sp³-hybridized carbons (Fsp3) is 0.286. The molecule has 1 unspecified atom stereocenters. The summed E-state index contributed by atoms with van der Waals surface area (Å²) in [5.74, 6) is 0.786. The number of nitrogens with one attached hydrogen (secondary N) is 1. The van der Waals surface area contributed by atoms with E-state index in [2.05, 4.69) is 10.3 Å². The minimum absolute atomic E-state index is 0.0947. The Morgan fingerprint density at radius 3 is 2.70 bits per heavy atom. The summed E-state index contributed by atoms with van der Waals surface area (Å²) in [6.45, 7) is 1.75.